The predicted octanol–water partition coefficient (Wildman–Crippen LogP) is 2.39. The molecule has 1 heterocycles. The van der Waals surface area contributed by atoms with E-state index in [1.165, 1.54) is 6.20 Å². The second kappa shape index (κ2) is 6.24. The van der Waals surface area contributed by atoms with E-state index in [0.29, 0.717) is 23.3 Å². The number of carbonyl (C=O) groups is 1. The molecule has 0 aliphatic heterocycles. The molecule has 6 nitrogen and oxygen atoms in total. The van der Waals surface area contributed by atoms with E-state index in [1.807, 2.05) is 6.92 Å². The van der Waals surface area contributed by atoms with Crippen LogP contribution in [0.3, 0.4) is 0 Å². The summed E-state index contributed by atoms with van der Waals surface area (Å²) in [4.78, 5) is 26.3. The van der Waals surface area contributed by atoms with E-state index in [4.69, 9.17) is 10.8 Å². The molecule has 5 N–H and O–H groups in total. The fourth-order valence-corrected chi connectivity index (χ4v) is 2.86. The lowest BCUT2D eigenvalue weighted by atomic mass is 10.0. The van der Waals surface area contributed by atoms with E-state index in [9.17, 15) is 14.0 Å². The van der Waals surface area contributed by atoms with Crippen molar-refractivity contribution in [3.05, 3.63) is 39.4 Å². The van der Waals surface area contributed by atoms with Crippen LogP contribution in [-0.4, -0.2) is 28.6 Å². The van der Waals surface area contributed by atoms with Crippen LogP contribution in [0.5, 0.6) is 0 Å². The van der Waals surface area contributed by atoms with Gasteiger partial charge in [0.2, 0.25) is 5.43 Å². The van der Waals surface area contributed by atoms with Crippen LogP contribution in [0.25, 0.3) is 10.9 Å². The summed E-state index contributed by atoms with van der Waals surface area (Å²) in [6.07, 6.45) is 3.77. The Bertz CT molecular complexity index is 858. The summed E-state index contributed by atoms with van der Waals surface area (Å²) in [5.74, 6) is -1.72. The summed E-state index contributed by atoms with van der Waals surface area (Å²) >= 11 is 0. The van der Waals surface area contributed by atoms with Crippen LogP contribution in [0.15, 0.2) is 17.1 Å². The maximum Gasteiger partial charge on any atom is 0.341 e. The van der Waals surface area contributed by atoms with Gasteiger partial charge in [0.1, 0.15) is 11.4 Å². The van der Waals surface area contributed by atoms with Crippen molar-refractivity contribution < 1.29 is 14.3 Å². The first-order valence-corrected chi connectivity index (χ1v) is 8.04. The summed E-state index contributed by atoms with van der Waals surface area (Å²) in [5.41, 5.74) is 6.40. The number of hydrogen-bond acceptors (Lipinski definition) is 4. The van der Waals surface area contributed by atoms with E-state index >= 15 is 0 Å². The number of pyridine rings is 1. The Morgan fingerprint density at radius 2 is 2.25 bits per heavy atom. The number of aromatic nitrogens is 1. The Kier molecular flexibility index (Phi) is 4.28. The van der Waals surface area contributed by atoms with E-state index in [-0.39, 0.29) is 17.3 Å². The van der Waals surface area contributed by atoms with Gasteiger partial charge in [0.15, 0.2) is 0 Å². The zero-order valence-electron chi connectivity index (χ0n) is 13.4. The number of anilines is 1. The summed E-state index contributed by atoms with van der Waals surface area (Å²) in [7, 11) is 0. The molecule has 1 aliphatic rings. The number of hydrogen-bond donors (Lipinski definition) is 4. The van der Waals surface area contributed by atoms with Crippen molar-refractivity contribution in [3.8, 4) is 0 Å². The van der Waals surface area contributed by atoms with Crippen molar-refractivity contribution in [2.75, 3.05) is 11.9 Å². The minimum Gasteiger partial charge on any atom is -0.477 e. The SMILES string of the molecule is CCC(N)CNc1c(F)cc2c(=O)c(C(=O)O)c[nH]c2c1C1CC1. The van der Waals surface area contributed by atoms with Gasteiger partial charge in [0, 0.05) is 29.7 Å². The molecule has 1 aliphatic carbocycles. The molecule has 1 aromatic heterocycles. The molecule has 0 saturated heterocycles. The quantitative estimate of drug-likeness (QED) is 0.649. The second-order valence-corrected chi connectivity index (χ2v) is 6.23. The van der Waals surface area contributed by atoms with Gasteiger partial charge in [-0.1, -0.05) is 6.92 Å². The first-order valence-electron chi connectivity index (χ1n) is 8.04. The third-order valence-corrected chi connectivity index (χ3v) is 4.45. The van der Waals surface area contributed by atoms with Crippen molar-refractivity contribution in [2.24, 2.45) is 5.73 Å². The van der Waals surface area contributed by atoms with Gasteiger partial charge in [0.05, 0.1) is 11.2 Å². The molecule has 1 fully saturated rings. The highest BCUT2D eigenvalue weighted by Crippen LogP contribution is 2.46. The molecule has 24 heavy (non-hydrogen) atoms. The fourth-order valence-electron chi connectivity index (χ4n) is 2.86. The molecule has 7 heteroatoms. The summed E-state index contributed by atoms with van der Waals surface area (Å²) < 4.78 is 14.6. The highest BCUT2D eigenvalue weighted by atomic mass is 19.1. The zero-order valence-corrected chi connectivity index (χ0v) is 13.4. The van der Waals surface area contributed by atoms with Gasteiger partial charge in [-0.05, 0) is 31.2 Å². The van der Waals surface area contributed by atoms with Gasteiger partial charge in [-0.3, -0.25) is 4.79 Å². The first-order chi connectivity index (χ1) is 11.4. The number of fused-ring (bicyclic) bond motifs is 1. The number of aromatic amines is 1. The Hall–Kier alpha value is -2.41. The molecule has 1 unspecified atom stereocenters. The zero-order chi connectivity index (χ0) is 17.4. The minimum absolute atomic E-state index is 0.0691. The molecular formula is C17H20FN3O3. The van der Waals surface area contributed by atoms with Gasteiger partial charge in [-0.2, -0.15) is 0 Å². The number of aromatic carboxylic acids is 1. The van der Waals surface area contributed by atoms with Crippen LogP contribution in [0.1, 0.15) is 48.0 Å². The number of carboxylic acids is 1. The lowest BCUT2D eigenvalue weighted by Crippen LogP contribution is -2.28. The highest BCUT2D eigenvalue weighted by Gasteiger charge is 2.31. The summed E-state index contributed by atoms with van der Waals surface area (Å²) in [6, 6.07) is 1.01. The Balaban J connectivity index is 2.18. The van der Waals surface area contributed by atoms with Gasteiger partial charge < -0.3 is 21.1 Å². The van der Waals surface area contributed by atoms with E-state index in [0.717, 1.165) is 25.3 Å². The molecular weight excluding hydrogens is 313 g/mol. The maximum absolute atomic E-state index is 14.6. The number of benzene rings is 1. The molecule has 1 saturated carbocycles. The normalized spacial score (nSPS) is 15.5. The van der Waals surface area contributed by atoms with Gasteiger partial charge >= 0.3 is 5.97 Å². The average Bonchev–Trinajstić information content (AvgIpc) is 3.37. The van der Waals surface area contributed by atoms with Crippen LogP contribution in [0.4, 0.5) is 10.1 Å². The molecule has 2 aromatic rings. The van der Waals surface area contributed by atoms with Crippen LogP contribution >= 0.6 is 0 Å². The third-order valence-electron chi connectivity index (χ3n) is 4.45. The summed E-state index contributed by atoms with van der Waals surface area (Å²) in [5, 5.41) is 12.2. The Labute approximate surface area is 137 Å². The molecule has 1 atom stereocenters. The van der Waals surface area contributed by atoms with Gasteiger partial charge in [0.25, 0.3) is 0 Å². The van der Waals surface area contributed by atoms with E-state index in [1.54, 1.807) is 0 Å². The smallest absolute Gasteiger partial charge is 0.341 e. The van der Waals surface area contributed by atoms with Crippen LogP contribution in [0, 0.1) is 5.82 Å². The number of nitrogens with two attached hydrogens (primary N) is 1. The monoisotopic (exact) mass is 333 g/mol. The van der Waals surface area contributed by atoms with E-state index in [2.05, 4.69) is 10.3 Å². The standard InChI is InChI=1S/C17H20FN3O3/c1-2-9(19)6-20-15-12(18)5-10-14(13(15)8-3-4-8)21-7-11(16(10)22)17(23)24/h5,7-9,20H,2-4,6,19H2,1H3,(H,21,22)(H,23,24). The molecule has 0 spiro atoms. The number of carboxylic acid groups (broad SMARTS) is 1. The van der Waals surface area contributed by atoms with Crippen molar-refractivity contribution >= 4 is 22.6 Å². The van der Waals surface area contributed by atoms with Gasteiger partial charge in [-0.15, -0.1) is 0 Å². The average molecular weight is 333 g/mol. The number of halogens is 1. The molecule has 0 bridgehead atoms. The molecule has 128 valence electrons. The van der Waals surface area contributed by atoms with Crippen molar-refractivity contribution in [1.82, 2.24) is 4.98 Å². The molecule has 1 aromatic carbocycles. The first kappa shape index (κ1) is 16.4. The van der Waals surface area contributed by atoms with Crippen molar-refractivity contribution in [2.45, 2.75) is 38.1 Å². The predicted molar refractivity (Wildman–Crippen MR) is 90.2 cm³/mol. The third kappa shape index (κ3) is 2.87. The van der Waals surface area contributed by atoms with E-state index < -0.39 is 22.8 Å². The number of rotatable bonds is 6. The van der Waals surface area contributed by atoms with Crippen LogP contribution < -0.4 is 16.5 Å². The van der Waals surface area contributed by atoms with Crippen molar-refractivity contribution in [1.29, 1.82) is 0 Å². The number of nitrogens with one attached hydrogen (secondary N) is 2. The molecule has 3 rings (SSSR count). The Morgan fingerprint density at radius 1 is 1.54 bits per heavy atom. The molecule has 0 radical (unpaired) electrons. The highest BCUT2D eigenvalue weighted by molar-refractivity contribution is 5.95. The van der Waals surface area contributed by atoms with Crippen LogP contribution in [0.2, 0.25) is 0 Å². The maximum atomic E-state index is 14.6. The largest absolute Gasteiger partial charge is 0.477 e. The lowest BCUT2D eigenvalue weighted by molar-refractivity contribution is 0.0695. The fraction of sp³-hybridized carbons (Fsp3) is 0.412. The number of H-pyrrole nitrogens is 1. The van der Waals surface area contributed by atoms with Crippen molar-refractivity contribution in [3.63, 3.8) is 0 Å². The van der Waals surface area contributed by atoms with Crippen LogP contribution in [-0.2, 0) is 0 Å². The Morgan fingerprint density at radius 3 is 2.83 bits per heavy atom. The second-order valence-electron chi connectivity index (χ2n) is 6.23. The van der Waals surface area contributed by atoms with Gasteiger partial charge in [-0.25, -0.2) is 9.18 Å². The summed E-state index contributed by atoms with van der Waals surface area (Å²) in [6.45, 7) is 2.38. The molecule has 0 amide bonds. The lowest BCUT2D eigenvalue weighted by Gasteiger charge is -2.18. The topological polar surface area (TPSA) is 108 Å². The minimum atomic E-state index is -1.33.